The number of rotatable bonds is 5. The van der Waals surface area contributed by atoms with Gasteiger partial charge in [-0.2, -0.15) is 8.42 Å². The summed E-state index contributed by atoms with van der Waals surface area (Å²) in [4.78, 5) is 11.8. The molecule has 0 unspecified atom stereocenters. The molecule has 0 aliphatic carbocycles. The van der Waals surface area contributed by atoms with Crippen molar-refractivity contribution in [3.8, 4) is 5.75 Å². The van der Waals surface area contributed by atoms with Crippen molar-refractivity contribution in [2.45, 2.75) is 12.5 Å². The Hall–Kier alpha value is -3.17. The summed E-state index contributed by atoms with van der Waals surface area (Å²) in [7, 11) is -4.20. The van der Waals surface area contributed by atoms with Crippen LogP contribution < -0.4 is 19.1 Å². The predicted octanol–water partition coefficient (Wildman–Crippen LogP) is 2.43. The number of carbonyl (C=O) groups excluding carboxylic acids is 1. The minimum Gasteiger partial charge on any atom is -0.487 e. The lowest BCUT2D eigenvalue weighted by molar-refractivity contribution is -0.117. The molecule has 3 aromatic rings. The van der Waals surface area contributed by atoms with Gasteiger partial charge in [-0.15, -0.1) is 0 Å². The van der Waals surface area contributed by atoms with Gasteiger partial charge in [0.15, 0.2) is 5.82 Å². The first-order valence-corrected chi connectivity index (χ1v) is 11.3. The Kier molecular flexibility index (Phi) is 4.79. The zero-order valence-electron chi connectivity index (χ0n) is 16.5. The zero-order valence-corrected chi connectivity index (χ0v) is 17.3. The van der Waals surface area contributed by atoms with Crippen molar-refractivity contribution in [2.24, 2.45) is 0 Å². The fourth-order valence-corrected chi connectivity index (χ4v) is 5.01. The predicted molar refractivity (Wildman–Crippen MR) is 115 cm³/mol. The van der Waals surface area contributed by atoms with E-state index in [1.165, 1.54) is 0 Å². The number of nitrogens with one attached hydrogen (secondary N) is 2. The highest BCUT2D eigenvalue weighted by Crippen LogP contribution is 2.40. The molecule has 7 nitrogen and oxygen atoms in total. The summed E-state index contributed by atoms with van der Waals surface area (Å²) in [5.41, 5.74) is 1.67. The van der Waals surface area contributed by atoms with Crippen LogP contribution in [0.5, 0.6) is 5.75 Å². The molecule has 31 heavy (non-hydrogen) atoms. The molecule has 0 bridgehead atoms. The summed E-state index contributed by atoms with van der Waals surface area (Å²) in [5, 5.41) is 4.10. The normalized spacial score (nSPS) is 18.1. The van der Waals surface area contributed by atoms with E-state index in [1.807, 2.05) is 47.2 Å². The van der Waals surface area contributed by atoms with Crippen molar-refractivity contribution >= 4 is 32.6 Å². The summed E-state index contributed by atoms with van der Waals surface area (Å²) in [6, 6.07) is 16.4. The summed E-state index contributed by atoms with van der Waals surface area (Å²) in [6.45, 7) is 1.35. The number of fused-ring (bicyclic) bond motifs is 1. The molecule has 0 atom stereocenters. The standard InChI is InChI=1S/C22H20FN3O4S/c23-21-18-7-6-15(17-10-24-11-17)8-16(18)9-19(30-13-14-4-2-1-3-5-14)22(21)26-12-20(27)25-31(26,28)29/h1-9,17,24H,10-13H2,(H,25,27). The van der Waals surface area contributed by atoms with Gasteiger partial charge in [0.05, 0.1) is 0 Å². The highest BCUT2D eigenvalue weighted by Gasteiger charge is 2.38. The molecule has 2 fully saturated rings. The number of halogens is 1. The second kappa shape index (κ2) is 7.51. The molecule has 2 heterocycles. The van der Waals surface area contributed by atoms with E-state index in [-0.39, 0.29) is 23.4 Å². The highest BCUT2D eigenvalue weighted by molar-refractivity contribution is 7.92. The maximum Gasteiger partial charge on any atom is 0.326 e. The second-order valence-corrected chi connectivity index (χ2v) is 9.28. The van der Waals surface area contributed by atoms with Crippen molar-refractivity contribution in [2.75, 3.05) is 23.9 Å². The number of ether oxygens (including phenoxy) is 1. The number of hydrogen-bond donors (Lipinski definition) is 2. The monoisotopic (exact) mass is 441 g/mol. The average Bonchev–Trinajstić information content (AvgIpc) is 2.97. The molecule has 2 N–H and O–H groups in total. The molecule has 5 rings (SSSR count). The summed E-state index contributed by atoms with van der Waals surface area (Å²) < 4.78 is 49.1. The lowest BCUT2D eigenvalue weighted by Gasteiger charge is -2.28. The van der Waals surface area contributed by atoms with Crippen LogP contribution in [0.4, 0.5) is 10.1 Å². The molecule has 0 aromatic heterocycles. The molecule has 2 aliphatic heterocycles. The average molecular weight is 441 g/mol. The Morgan fingerprint density at radius 3 is 2.52 bits per heavy atom. The van der Waals surface area contributed by atoms with Crippen LogP contribution >= 0.6 is 0 Å². The molecule has 3 aromatic carbocycles. The van der Waals surface area contributed by atoms with Gasteiger partial charge in [0.2, 0.25) is 0 Å². The van der Waals surface area contributed by atoms with Crippen LogP contribution in [0.15, 0.2) is 54.6 Å². The van der Waals surface area contributed by atoms with Crippen LogP contribution in [0, 0.1) is 5.82 Å². The number of hydrogen-bond acceptors (Lipinski definition) is 5. The van der Waals surface area contributed by atoms with Crippen molar-refractivity contribution in [1.82, 2.24) is 10.0 Å². The van der Waals surface area contributed by atoms with Gasteiger partial charge in [0.25, 0.3) is 5.91 Å². The summed E-state index contributed by atoms with van der Waals surface area (Å²) in [6.07, 6.45) is 0. The quantitative estimate of drug-likeness (QED) is 0.635. The molecule has 1 amide bonds. The molecule has 0 radical (unpaired) electrons. The van der Waals surface area contributed by atoms with Gasteiger partial charge in [0.1, 0.15) is 24.6 Å². The Bertz CT molecular complexity index is 1280. The fourth-order valence-electron chi connectivity index (χ4n) is 3.85. The van der Waals surface area contributed by atoms with E-state index in [9.17, 15) is 13.2 Å². The lowest BCUT2D eigenvalue weighted by atomic mass is 9.91. The molecule has 0 saturated carbocycles. The van der Waals surface area contributed by atoms with Crippen molar-refractivity contribution in [1.29, 1.82) is 0 Å². The third kappa shape index (κ3) is 3.60. The van der Waals surface area contributed by atoms with Crippen LogP contribution in [0.1, 0.15) is 17.0 Å². The minimum absolute atomic E-state index is 0.0674. The largest absolute Gasteiger partial charge is 0.487 e. The van der Waals surface area contributed by atoms with Crippen molar-refractivity contribution in [3.05, 3.63) is 71.5 Å². The maximum atomic E-state index is 15.7. The van der Waals surface area contributed by atoms with E-state index in [0.29, 0.717) is 11.3 Å². The molecule has 0 spiro atoms. The number of anilines is 1. The second-order valence-electron chi connectivity index (χ2n) is 7.68. The first-order chi connectivity index (χ1) is 14.9. The van der Waals surface area contributed by atoms with Gasteiger partial charge in [-0.25, -0.2) is 13.4 Å². The van der Waals surface area contributed by atoms with Crippen LogP contribution in [0.3, 0.4) is 0 Å². The van der Waals surface area contributed by atoms with Gasteiger partial charge >= 0.3 is 10.2 Å². The first-order valence-electron chi connectivity index (χ1n) is 9.89. The van der Waals surface area contributed by atoms with Gasteiger partial charge in [0, 0.05) is 24.4 Å². The Balaban J connectivity index is 1.63. The van der Waals surface area contributed by atoms with E-state index < -0.39 is 28.5 Å². The third-order valence-electron chi connectivity index (χ3n) is 5.60. The summed E-state index contributed by atoms with van der Waals surface area (Å²) in [5.74, 6) is -1.03. The molecular formula is C22H20FN3O4S. The van der Waals surface area contributed by atoms with Gasteiger partial charge in [-0.3, -0.25) is 4.79 Å². The van der Waals surface area contributed by atoms with Crippen LogP contribution in [0.25, 0.3) is 10.8 Å². The fraction of sp³-hybridized carbons (Fsp3) is 0.227. The number of carbonyl (C=O) groups is 1. The molecule has 160 valence electrons. The van der Waals surface area contributed by atoms with Crippen LogP contribution in [0.2, 0.25) is 0 Å². The smallest absolute Gasteiger partial charge is 0.326 e. The van der Waals surface area contributed by atoms with Gasteiger partial charge < -0.3 is 10.1 Å². The number of nitrogens with zero attached hydrogens (tertiary/aromatic N) is 1. The van der Waals surface area contributed by atoms with Crippen molar-refractivity contribution < 1.29 is 22.3 Å². The highest BCUT2D eigenvalue weighted by atomic mass is 32.2. The number of benzene rings is 3. The Morgan fingerprint density at radius 1 is 1.10 bits per heavy atom. The lowest BCUT2D eigenvalue weighted by Crippen LogP contribution is -2.39. The van der Waals surface area contributed by atoms with Crippen molar-refractivity contribution in [3.63, 3.8) is 0 Å². The SMILES string of the molecule is O=C1CN(c2c(OCc3ccccc3)cc3cc(C4CNC4)ccc3c2F)S(=O)(=O)N1. The molecular weight excluding hydrogens is 421 g/mol. The minimum atomic E-state index is -4.20. The molecule has 2 saturated heterocycles. The molecule has 2 aliphatic rings. The zero-order chi connectivity index (χ0) is 21.6. The van der Waals surface area contributed by atoms with E-state index in [4.69, 9.17) is 4.74 Å². The maximum absolute atomic E-state index is 15.7. The summed E-state index contributed by atoms with van der Waals surface area (Å²) >= 11 is 0. The van der Waals surface area contributed by atoms with E-state index in [1.54, 1.807) is 12.1 Å². The van der Waals surface area contributed by atoms with Gasteiger partial charge in [-0.05, 0) is 22.6 Å². The van der Waals surface area contributed by atoms with E-state index in [0.717, 1.165) is 28.5 Å². The topological polar surface area (TPSA) is 87.7 Å². The number of amides is 1. The molecule has 9 heteroatoms. The Morgan fingerprint density at radius 2 is 1.87 bits per heavy atom. The van der Waals surface area contributed by atoms with Crippen LogP contribution in [-0.2, 0) is 21.6 Å². The van der Waals surface area contributed by atoms with Gasteiger partial charge in [-0.1, -0.05) is 48.5 Å². The first kappa shape index (κ1) is 19.8. The van der Waals surface area contributed by atoms with Crippen LogP contribution in [-0.4, -0.2) is 34.0 Å². The third-order valence-corrected chi connectivity index (χ3v) is 6.98. The van der Waals surface area contributed by atoms with E-state index in [2.05, 4.69) is 5.32 Å². The Labute approximate surface area is 179 Å². The van der Waals surface area contributed by atoms with E-state index >= 15 is 4.39 Å².